The highest BCUT2D eigenvalue weighted by molar-refractivity contribution is 6.35. The van der Waals surface area contributed by atoms with Crippen molar-refractivity contribution in [3.63, 3.8) is 0 Å². The van der Waals surface area contributed by atoms with Crippen molar-refractivity contribution in [2.75, 3.05) is 13.4 Å². The van der Waals surface area contributed by atoms with Crippen LogP contribution in [0.15, 0.2) is 47.0 Å². The monoisotopic (exact) mass is 421 g/mol. The summed E-state index contributed by atoms with van der Waals surface area (Å²) in [5, 5.41) is 4.69. The molecule has 7 nitrogen and oxygen atoms in total. The van der Waals surface area contributed by atoms with Crippen LogP contribution in [0.3, 0.4) is 0 Å². The molecule has 9 heteroatoms. The summed E-state index contributed by atoms with van der Waals surface area (Å²) in [6, 6.07) is 11.8. The van der Waals surface area contributed by atoms with Gasteiger partial charge in [-0.2, -0.15) is 0 Å². The molecule has 0 radical (unpaired) electrons. The standard InChI is InChI=1S/C19H13Cl2NO6/c20-12-2-4-15(14(21)6-12)24-9-19(23)25-8-13-7-17(28-22-13)11-1-3-16-18(5-11)27-10-26-16/h1-7H,8-10H2. The quantitative estimate of drug-likeness (QED) is 0.541. The van der Waals surface area contributed by atoms with E-state index < -0.39 is 5.97 Å². The van der Waals surface area contributed by atoms with Gasteiger partial charge in [0.2, 0.25) is 6.79 Å². The molecule has 28 heavy (non-hydrogen) atoms. The van der Waals surface area contributed by atoms with Crippen LogP contribution >= 0.6 is 23.2 Å². The van der Waals surface area contributed by atoms with E-state index in [9.17, 15) is 4.79 Å². The molecular formula is C19H13Cl2NO6. The summed E-state index contributed by atoms with van der Waals surface area (Å²) in [5.41, 5.74) is 1.24. The number of aromatic nitrogens is 1. The van der Waals surface area contributed by atoms with Gasteiger partial charge < -0.3 is 23.5 Å². The SMILES string of the molecule is O=C(COc1ccc(Cl)cc1Cl)OCc1cc(-c2ccc3c(c2)OCO3)on1. The van der Waals surface area contributed by atoms with Crippen LogP contribution in [-0.4, -0.2) is 24.5 Å². The summed E-state index contributed by atoms with van der Waals surface area (Å²) in [6.07, 6.45) is 0. The van der Waals surface area contributed by atoms with E-state index in [0.29, 0.717) is 38.7 Å². The molecule has 2 aromatic carbocycles. The minimum atomic E-state index is -0.571. The van der Waals surface area contributed by atoms with Gasteiger partial charge in [-0.3, -0.25) is 0 Å². The van der Waals surface area contributed by atoms with Crippen LogP contribution in [0.5, 0.6) is 17.2 Å². The van der Waals surface area contributed by atoms with Crippen LogP contribution in [0.25, 0.3) is 11.3 Å². The Bertz CT molecular complexity index is 1020. The molecule has 0 fully saturated rings. The molecular weight excluding hydrogens is 409 g/mol. The fraction of sp³-hybridized carbons (Fsp3) is 0.158. The van der Waals surface area contributed by atoms with E-state index in [1.54, 1.807) is 30.3 Å². The highest BCUT2D eigenvalue weighted by Gasteiger charge is 2.16. The van der Waals surface area contributed by atoms with E-state index in [1.807, 2.05) is 6.07 Å². The maximum Gasteiger partial charge on any atom is 0.344 e. The van der Waals surface area contributed by atoms with Crippen LogP contribution < -0.4 is 14.2 Å². The van der Waals surface area contributed by atoms with Gasteiger partial charge in [-0.1, -0.05) is 28.4 Å². The number of halogens is 2. The smallest absolute Gasteiger partial charge is 0.344 e. The molecule has 0 amide bonds. The van der Waals surface area contributed by atoms with E-state index in [-0.39, 0.29) is 20.0 Å². The first-order valence-corrected chi connectivity index (χ1v) is 8.93. The maximum atomic E-state index is 11.9. The lowest BCUT2D eigenvalue weighted by molar-refractivity contribution is -0.147. The van der Waals surface area contributed by atoms with E-state index >= 15 is 0 Å². The molecule has 0 saturated heterocycles. The third kappa shape index (κ3) is 4.16. The van der Waals surface area contributed by atoms with E-state index in [0.717, 1.165) is 5.56 Å². The molecule has 1 aliphatic rings. The number of esters is 1. The molecule has 0 atom stereocenters. The summed E-state index contributed by atoms with van der Waals surface area (Å²) < 4.78 is 26.4. The van der Waals surface area contributed by atoms with Crippen molar-refractivity contribution in [2.45, 2.75) is 6.61 Å². The molecule has 1 aliphatic heterocycles. The lowest BCUT2D eigenvalue weighted by atomic mass is 10.1. The maximum absolute atomic E-state index is 11.9. The second-order valence-corrected chi connectivity index (χ2v) is 6.62. The molecule has 144 valence electrons. The molecule has 0 saturated carbocycles. The summed E-state index contributed by atoms with van der Waals surface area (Å²) in [6.45, 7) is -0.154. The summed E-state index contributed by atoms with van der Waals surface area (Å²) in [7, 11) is 0. The highest BCUT2D eigenvalue weighted by Crippen LogP contribution is 2.36. The van der Waals surface area contributed by atoms with Gasteiger partial charge in [-0.05, 0) is 36.4 Å². The molecule has 3 aromatic rings. The molecule has 2 heterocycles. The Hall–Kier alpha value is -2.90. The van der Waals surface area contributed by atoms with Crippen molar-refractivity contribution in [2.24, 2.45) is 0 Å². The molecule has 1 aromatic heterocycles. The minimum Gasteiger partial charge on any atom is -0.480 e. The van der Waals surface area contributed by atoms with Crippen molar-refractivity contribution in [3.05, 3.63) is 58.2 Å². The van der Waals surface area contributed by atoms with Gasteiger partial charge in [0.05, 0.1) is 5.02 Å². The Morgan fingerprint density at radius 1 is 1.07 bits per heavy atom. The number of benzene rings is 2. The van der Waals surface area contributed by atoms with Gasteiger partial charge >= 0.3 is 5.97 Å². The Balaban J connectivity index is 1.31. The first kappa shape index (κ1) is 18.5. The van der Waals surface area contributed by atoms with Gasteiger partial charge in [0.1, 0.15) is 18.1 Å². The second kappa shape index (κ2) is 8.00. The van der Waals surface area contributed by atoms with E-state index in [2.05, 4.69) is 5.16 Å². The van der Waals surface area contributed by atoms with Crippen LogP contribution in [-0.2, 0) is 16.1 Å². The van der Waals surface area contributed by atoms with Gasteiger partial charge in [-0.15, -0.1) is 0 Å². The fourth-order valence-corrected chi connectivity index (χ4v) is 2.95. The number of hydrogen-bond acceptors (Lipinski definition) is 7. The first-order valence-electron chi connectivity index (χ1n) is 8.17. The molecule has 4 rings (SSSR count). The van der Waals surface area contributed by atoms with E-state index in [4.69, 9.17) is 46.7 Å². The third-order valence-electron chi connectivity index (χ3n) is 3.84. The predicted octanol–water partition coefficient (Wildman–Crippen LogP) is 4.50. The fourth-order valence-electron chi connectivity index (χ4n) is 2.49. The topological polar surface area (TPSA) is 80.0 Å². The molecule has 0 unspecified atom stereocenters. The number of carbonyl (C=O) groups is 1. The van der Waals surface area contributed by atoms with Crippen molar-refractivity contribution in [3.8, 4) is 28.6 Å². The Kier molecular flexibility index (Phi) is 5.27. The number of fused-ring (bicyclic) bond motifs is 1. The Morgan fingerprint density at radius 2 is 1.93 bits per heavy atom. The van der Waals surface area contributed by atoms with Crippen LogP contribution in [0.4, 0.5) is 0 Å². The Labute approximate surface area is 169 Å². The van der Waals surface area contributed by atoms with Crippen LogP contribution in [0, 0.1) is 0 Å². The number of rotatable bonds is 6. The summed E-state index contributed by atoms with van der Waals surface area (Å²) in [4.78, 5) is 11.9. The van der Waals surface area contributed by atoms with Crippen molar-refractivity contribution in [1.82, 2.24) is 5.16 Å². The lowest BCUT2D eigenvalue weighted by Gasteiger charge is -2.07. The average molecular weight is 422 g/mol. The van der Waals surface area contributed by atoms with Gasteiger partial charge in [0, 0.05) is 16.7 Å². The largest absolute Gasteiger partial charge is 0.480 e. The van der Waals surface area contributed by atoms with Gasteiger partial charge in [0.25, 0.3) is 0 Å². The number of ether oxygens (including phenoxy) is 4. The van der Waals surface area contributed by atoms with Crippen molar-refractivity contribution < 1.29 is 28.3 Å². The average Bonchev–Trinajstić information content (AvgIpc) is 3.34. The van der Waals surface area contributed by atoms with Crippen LogP contribution in [0.2, 0.25) is 10.0 Å². The second-order valence-electron chi connectivity index (χ2n) is 5.77. The predicted molar refractivity (Wildman–Crippen MR) is 99.8 cm³/mol. The first-order chi connectivity index (χ1) is 13.6. The summed E-state index contributed by atoms with van der Waals surface area (Å²) >= 11 is 11.8. The van der Waals surface area contributed by atoms with Crippen molar-refractivity contribution in [1.29, 1.82) is 0 Å². The number of carbonyl (C=O) groups excluding carboxylic acids is 1. The zero-order chi connectivity index (χ0) is 19.5. The van der Waals surface area contributed by atoms with E-state index in [1.165, 1.54) is 6.07 Å². The van der Waals surface area contributed by atoms with Crippen LogP contribution in [0.1, 0.15) is 5.69 Å². The third-order valence-corrected chi connectivity index (χ3v) is 4.37. The number of nitrogens with zero attached hydrogens (tertiary/aromatic N) is 1. The zero-order valence-corrected chi connectivity index (χ0v) is 15.8. The molecule has 0 N–H and O–H groups in total. The zero-order valence-electron chi connectivity index (χ0n) is 14.3. The number of hydrogen-bond donors (Lipinski definition) is 0. The van der Waals surface area contributed by atoms with Crippen molar-refractivity contribution >= 4 is 29.2 Å². The van der Waals surface area contributed by atoms with Gasteiger partial charge in [-0.25, -0.2) is 4.79 Å². The lowest BCUT2D eigenvalue weighted by Crippen LogP contribution is -2.15. The molecule has 0 spiro atoms. The van der Waals surface area contributed by atoms with Gasteiger partial charge in [0.15, 0.2) is 23.9 Å². The Morgan fingerprint density at radius 3 is 2.79 bits per heavy atom. The minimum absolute atomic E-state index is 0.0510. The normalized spacial score (nSPS) is 12.1. The molecule has 0 bridgehead atoms. The summed E-state index contributed by atoms with van der Waals surface area (Å²) in [5.74, 6) is 1.61. The highest BCUT2D eigenvalue weighted by atomic mass is 35.5. The molecule has 0 aliphatic carbocycles.